The first kappa shape index (κ1) is 30.7. The van der Waals surface area contributed by atoms with Gasteiger partial charge in [0.2, 0.25) is 0 Å². The van der Waals surface area contributed by atoms with Crippen molar-refractivity contribution in [2.24, 2.45) is 5.92 Å². The molecule has 0 fully saturated rings. The van der Waals surface area contributed by atoms with Crippen LogP contribution in [0.15, 0.2) is 77.8 Å². The summed E-state index contributed by atoms with van der Waals surface area (Å²) < 4.78 is 48.3. The average Bonchev–Trinajstić information content (AvgIpc) is 2.94. The fourth-order valence-corrected chi connectivity index (χ4v) is 5.24. The van der Waals surface area contributed by atoms with Crippen LogP contribution >= 0.6 is 11.6 Å². The zero-order valence-corrected chi connectivity index (χ0v) is 25.1. The Morgan fingerprint density at radius 3 is 2.48 bits per heavy atom. The average molecular weight is 612 g/mol. The van der Waals surface area contributed by atoms with Gasteiger partial charge in [0.1, 0.15) is 23.2 Å². The van der Waals surface area contributed by atoms with E-state index in [-0.39, 0.29) is 29.2 Å². The minimum atomic E-state index is -4.36. The lowest BCUT2D eigenvalue weighted by atomic mass is 10.1. The Kier molecular flexibility index (Phi) is 9.33. The number of hydrogen-bond donors (Lipinski definition) is 2. The van der Waals surface area contributed by atoms with Gasteiger partial charge in [-0.1, -0.05) is 43.6 Å². The van der Waals surface area contributed by atoms with Gasteiger partial charge in [-0.2, -0.15) is 8.42 Å². The molecule has 4 rings (SSSR count). The summed E-state index contributed by atoms with van der Waals surface area (Å²) in [5.41, 5.74) is 7.20. The monoisotopic (exact) mass is 611 g/mol. The molecule has 0 saturated heterocycles. The molecule has 2 aromatic carbocycles. The van der Waals surface area contributed by atoms with Gasteiger partial charge in [0.15, 0.2) is 5.03 Å². The molecule has 0 aliphatic heterocycles. The number of aromatic nitrogens is 2. The third kappa shape index (κ3) is 7.34. The highest BCUT2D eigenvalue weighted by molar-refractivity contribution is 7.90. The van der Waals surface area contributed by atoms with E-state index >= 15 is 0 Å². The number of ether oxygens (including phenoxy) is 1. The lowest BCUT2D eigenvalue weighted by Crippen LogP contribution is -2.33. The first-order chi connectivity index (χ1) is 19.8. The number of anilines is 2. The summed E-state index contributed by atoms with van der Waals surface area (Å²) in [6.07, 6.45) is 0. The number of benzene rings is 2. The lowest BCUT2D eigenvalue weighted by molar-refractivity contribution is 0.0981. The molecule has 220 valence electrons. The SMILES string of the molecule is CC(C)COc1cc(F)cc(-c2ccc(C(=O)NS(=O)(=O)c3cccc(N)n3)c(N(C)C(C)c3cccc(Cl)c3)n2)c1. The fraction of sp³-hybridized carbons (Fsp3) is 0.233. The smallest absolute Gasteiger partial charge is 0.281 e. The van der Waals surface area contributed by atoms with E-state index in [1.165, 1.54) is 42.5 Å². The molecule has 1 unspecified atom stereocenters. The number of hydrogen-bond acceptors (Lipinski definition) is 8. The number of nitrogens with one attached hydrogen (secondary N) is 1. The highest BCUT2D eigenvalue weighted by Crippen LogP contribution is 2.32. The molecule has 1 atom stereocenters. The van der Waals surface area contributed by atoms with Crippen molar-refractivity contribution in [2.75, 3.05) is 24.3 Å². The van der Waals surface area contributed by atoms with E-state index in [0.29, 0.717) is 28.6 Å². The predicted octanol–water partition coefficient (Wildman–Crippen LogP) is 5.87. The lowest BCUT2D eigenvalue weighted by Gasteiger charge is -2.28. The summed E-state index contributed by atoms with van der Waals surface area (Å²) in [4.78, 5) is 23.7. The maximum absolute atomic E-state index is 14.6. The van der Waals surface area contributed by atoms with Gasteiger partial charge in [0.05, 0.1) is 23.9 Å². The molecule has 4 aromatic rings. The maximum atomic E-state index is 14.6. The molecular formula is C30H31ClFN5O4S. The molecule has 0 spiro atoms. The number of carbonyl (C=O) groups is 1. The van der Waals surface area contributed by atoms with Crippen molar-refractivity contribution >= 4 is 39.2 Å². The molecule has 0 aliphatic rings. The second-order valence-electron chi connectivity index (χ2n) is 10.1. The Hall–Kier alpha value is -4.22. The van der Waals surface area contributed by atoms with Crippen LogP contribution in [0.4, 0.5) is 16.0 Å². The van der Waals surface area contributed by atoms with Crippen LogP contribution in [0.5, 0.6) is 5.75 Å². The Labute approximate surface area is 249 Å². The number of sulfonamides is 1. The molecule has 3 N–H and O–H groups in total. The van der Waals surface area contributed by atoms with Gasteiger partial charge in [-0.25, -0.2) is 19.1 Å². The van der Waals surface area contributed by atoms with Crippen LogP contribution in [0.2, 0.25) is 5.02 Å². The van der Waals surface area contributed by atoms with E-state index in [0.717, 1.165) is 5.56 Å². The van der Waals surface area contributed by atoms with Crippen molar-refractivity contribution in [1.29, 1.82) is 0 Å². The molecule has 0 aliphatic carbocycles. The Morgan fingerprint density at radius 2 is 1.79 bits per heavy atom. The van der Waals surface area contributed by atoms with Gasteiger partial charge >= 0.3 is 0 Å². The van der Waals surface area contributed by atoms with Crippen LogP contribution < -0.4 is 20.1 Å². The first-order valence-corrected chi connectivity index (χ1v) is 14.9. The predicted molar refractivity (Wildman–Crippen MR) is 162 cm³/mol. The third-order valence-corrected chi connectivity index (χ3v) is 7.83. The zero-order valence-electron chi connectivity index (χ0n) is 23.5. The van der Waals surface area contributed by atoms with Crippen molar-refractivity contribution in [3.05, 3.63) is 94.8 Å². The van der Waals surface area contributed by atoms with Crippen LogP contribution in [0.25, 0.3) is 11.3 Å². The van der Waals surface area contributed by atoms with Crippen LogP contribution in [0, 0.1) is 11.7 Å². The van der Waals surface area contributed by atoms with Crippen LogP contribution in [0.1, 0.15) is 42.7 Å². The number of nitrogens with zero attached hydrogens (tertiary/aromatic N) is 3. The number of nitrogens with two attached hydrogens (primary N) is 1. The number of nitrogen functional groups attached to an aromatic ring is 1. The summed E-state index contributed by atoms with van der Waals surface area (Å²) in [7, 11) is -2.64. The Bertz CT molecular complexity index is 1720. The molecule has 0 radical (unpaired) electrons. The maximum Gasteiger partial charge on any atom is 0.281 e. The molecule has 12 heteroatoms. The summed E-state index contributed by atoms with van der Waals surface area (Å²) in [6.45, 7) is 6.25. The van der Waals surface area contributed by atoms with Gasteiger partial charge in [0.25, 0.3) is 15.9 Å². The molecule has 1 amide bonds. The van der Waals surface area contributed by atoms with Gasteiger partial charge in [-0.3, -0.25) is 4.79 Å². The molecule has 0 saturated carbocycles. The second-order valence-corrected chi connectivity index (χ2v) is 12.2. The first-order valence-electron chi connectivity index (χ1n) is 13.1. The molecule has 2 heterocycles. The summed E-state index contributed by atoms with van der Waals surface area (Å²) in [6, 6.07) is 18.1. The van der Waals surface area contributed by atoms with Gasteiger partial charge in [-0.15, -0.1) is 0 Å². The van der Waals surface area contributed by atoms with Gasteiger partial charge in [0, 0.05) is 23.7 Å². The largest absolute Gasteiger partial charge is 0.493 e. The fourth-order valence-electron chi connectivity index (χ4n) is 4.10. The molecule has 42 heavy (non-hydrogen) atoms. The van der Waals surface area contributed by atoms with E-state index in [2.05, 4.69) is 9.71 Å². The topological polar surface area (TPSA) is 128 Å². The zero-order chi connectivity index (χ0) is 30.6. The van der Waals surface area contributed by atoms with Crippen molar-refractivity contribution in [2.45, 2.75) is 31.8 Å². The van der Waals surface area contributed by atoms with Crippen LogP contribution in [-0.2, 0) is 10.0 Å². The minimum absolute atomic E-state index is 0.0149. The number of amides is 1. The standard InChI is InChI=1S/C30H31ClFN5O4S/c1-18(2)17-41-24-15-21(14-23(32)16-24)26-12-11-25(30(38)36-42(39,40)28-10-6-9-27(33)35-28)29(34-26)37(4)19(3)20-7-5-8-22(31)13-20/h5-16,18-19H,17H2,1-4H3,(H2,33,35)(H,36,38). The third-order valence-electron chi connectivity index (χ3n) is 6.36. The summed E-state index contributed by atoms with van der Waals surface area (Å²) in [5.74, 6) is -0.734. The van der Waals surface area contributed by atoms with E-state index < -0.39 is 26.8 Å². The highest BCUT2D eigenvalue weighted by Gasteiger charge is 2.26. The highest BCUT2D eigenvalue weighted by atomic mass is 35.5. The Balaban J connectivity index is 1.78. The normalized spacial score (nSPS) is 12.2. The molecule has 9 nitrogen and oxygen atoms in total. The minimum Gasteiger partial charge on any atom is -0.493 e. The van der Waals surface area contributed by atoms with Crippen molar-refractivity contribution < 1.29 is 22.3 Å². The van der Waals surface area contributed by atoms with Crippen LogP contribution in [-0.4, -0.2) is 37.9 Å². The molecule has 2 aromatic heterocycles. The van der Waals surface area contributed by atoms with Crippen molar-refractivity contribution in [3.8, 4) is 17.0 Å². The molecule has 0 bridgehead atoms. The summed E-state index contributed by atoms with van der Waals surface area (Å²) >= 11 is 6.22. The number of halogens is 2. The van der Waals surface area contributed by atoms with E-state index in [9.17, 15) is 17.6 Å². The number of carbonyl (C=O) groups excluding carboxylic acids is 1. The molecular weight excluding hydrogens is 581 g/mol. The number of rotatable bonds is 10. The number of pyridine rings is 2. The van der Waals surface area contributed by atoms with E-state index in [1.54, 1.807) is 36.2 Å². The van der Waals surface area contributed by atoms with E-state index in [4.69, 9.17) is 27.1 Å². The van der Waals surface area contributed by atoms with Crippen molar-refractivity contribution in [3.63, 3.8) is 0 Å². The quantitative estimate of drug-likeness (QED) is 0.228. The van der Waals surface area contributed by atoms with Crippen molar-refractivity contribution in [1.82, 2.24) is 14.7 Å². The summed E-state index contributed by atoms with van der Waals surface area (Å²) in [5, 5.41) is 0.123. The van der Waals surface area contributed by atoms with E-state index in [1.807, 2.05) is 26.8 Å². The second kappa shape index (κ2) is 12.7. The Morgan fingerprint density at radius 1 is 1.05 bits per heavy atom. The van der Waals surface area contributed by atoms with Gasteiger partial charge in [-0.05, 0) is 66.9 Å². The van der Waals surface area contributed by atoms with Gasteiger partial charge < -0.3 is 15.4 Å². The van der Waals surface area contributed by atoms with Crippen LogP contribution in [0.3, 0.4) is 0 Å².